The predicted octanol–water partition coefficient (Wildman–Crippen LogP) is 3.88. The van der Waals surface area contributed by atoms with Crippen molar-refractivity contribution in [3.63, 3.8) is 0 Å². The van der Waals surface area contributed by atoms with E-state index in [1.54, 1.807) is 6.20 Å². The van der Waals surface area contributed by atoms with E-state index < -0.39 is 0 Å². The molecule has 4 heterocycles. The van der Waals surface area contributed by atoms with Crippen molar-refractivity contribution in [3.05, 3.63) is 54.5 Å². The van der Waals surface area contributed by atoms with Gasteiger partial charge < -0.3 is 9.64 Å². The molecule has 1 saturated heterocycles. The summed E-state index contributed by atoms with van der Waals surface area (Å²) in [5.41, 5.74) is 2.24. The fourth-order valence-electron chi connectivity index (χ4n) is 2.95. The van der Waals surface area contributed by atoms with Crippen LogP contribution >= 0.6 is 11.3 Å². The van der Waals surface area contributed by atoms with Crippen LogP contribution in [0.5, 0.6) is 0 Å². The highest BCUT2D eigenvalue weighted by Gasteiger charge is 2.21. The van der Waals surface area contributed by atoms with E-state index in [1.807, 2.05) is 35.9 Å². The Morgan fingerprint density at radius 2 is 2.04 bits per heavy atom. The molecule has 1 fully saturated rings. The number of anilines is 1. The zero-order valence-electron chi connectivity index (χ0n) is 12.9. The van der Waals surface area contributed by atoms with E-state index in [9.17, 15) is 0 Å². The number of pyridine rings is 2. The quantitative estimate of drug-likeness (QED) is 0.730. The van der Waals surface area contributed by atoms with E-state index in [2.05, 4.69) is 33.1 Å². The number of aromatic nitrogens is 2. The first kappa shape index (κ1) is 14.6. The lowest BCUT2D eigenvalue weighted by molar-refractivity contribution is 0.0251. The Kier molecular flexibility index (Phi) is 4.22. The monoisotopic (exact) mass is 325 g/mol. The van der Waals surface area contributed by atoms with Gasteiger partial charge in [0.2, 0.25) is 0 Å². The molecular formula is C18H19N3OS. The summed E-state index contributed by atoms with van der Waals surface area (Å²) in [5, 5.41) is 1.32. The second-order valence-corrected chi connectivity index (χ2v) is 6.89. The zero-order valence-corrected chi connectivity index (χ0v) is 13.7. The standard InChI is InChI=1S/C18H19N3OS/c1-3-14(12-19-7-1)13-22-15-5-9-21(10-6-15)18-11-16-17(23-18)4-2-8-20-16/h1-4,7-8,11-12,15H,5-6,9-10,13H2. The molecule has 0 N–H and O–H groups in total. The Bertz CT molecular complexity index is 733. The largest absolute Gasteiger partial charge is 0.373 e. The molecule has 1 aliphatic rings. The van der Waals surface area contributed by atoms with Crippen LogP contribution < -0.4 is 4.90 Å². The summed E-state index contributed by atoms with van der Waals surface area (Å²) in [4.78, 5) is 11.0. The molecule has 0 spiro atoms. The third-order valence-corrected chi connectivity index (χ3v) is 5.39. The van der Waals surface area contributed by atoms with Gasteiger partial charge in [-0.15, -0.1) is 11.3 Å². The molecule has 23 heavy (non-hydrogen) atoms. The second-order valence-electron chi connectivity index (χ2n) is 5.83. The molecule has 0 atom stereocenters. The van der Waals surface area contributed by atoms with E-state index >= 15 is 0 Å². The maximum atomic E-state index is 6.04. The van der Waals surface area contributed by atoms with E-state index in [0.717, 1.165) is 37.0 Å². The molecule has 118 valence electrons. The predicted molar refractivity (Wildman–Crippen MR) is 93.9 cm³/mol. The summed E-state index contributed by atoms with van der Waals surface area (Å²) < 4.78 is 7.30. The van der Waals surface area contributed by atoms with Gasteiger partial charge >= 0.3 is 0 Å². The van der Waals surface area contributed by atoms with E-state index in [1.165, 1.54) is 9.70 Å². The number of nitrogens with zero attached hydrogens (tertiary/aromatic N) is 3. The van der Waals surface area contributed by atoms with Crippen LogP contribution in [0.2, 0.25) is 0 Å². The molecule has 3 aromatic heterocycles. The average molecular weight is 325 g/mol. The van der Waals surface area contributed by atoms with E-state index in [-0.39, 0.29) is 0 Å². The topological polar surface area (TPSA) is 38.2 Å². The van der Waals surface area contributed by atoms with Crippen molar-refractivity contribution in [2.24, 2.45) is 0 Å². The molecule has 5 heteroatoms. The van der Waals surface area contributed by atoms with Gasteiger partial charge in [0.1, 0.15) is 0 Å². The number of hydrogen-bond acceptors (Lipinski definition) is 5. The van der Waals surface area contributed by atoms with Gasteiger partial charge in [-0.2, -0.15) is 0 Å². The number of rotatable bonds is 4. The van der Waals surface area contributed by atoms with Gasteiger partial charge in [0.15, 0.2) is 0 Å². The van der Waals surface area contributed by atoms with Gasteiger partial charge in [-0.1, -0.05) is 6.07 Å². The van der Waals surface area contributed by atoms with Crippen molar-refractivity contribution in [2.45, 2.75) is 25.6 Å². The van der Waals surface area contributed by atoms with Crippen LogP contribution in [0.3, 0.4) is 0 Å². The maximum Gasteiger partial charge on any atom is 0.0937 e. The Labute approximate surface area is 139 Å². The third-order valence-electron chi connectivity index (χ3n) is 4.24. The minimum Gasteiger partial charge on any atom is -0.373 e. The minimum absolute atomic E-state index is 0.346. The van der Waals surface area contributed by atoms with Crippen molar-refractivity contribution in [1.29, 1.82) is 0 Å². The number of thiophene rings is 1. The highest BCUT2D eigenvalue weighted by molar-refractivity contribution is 7.22. The zero-order chi connectivity index (χ0) is 15.5. The molecule has 3 aromatic rings. The lowest BCUT2D eigenvalue weighted by Gasteiger charge is -2.32. The van der Waals surface area contributed by atoms with Crippen molar-refractivity contribution in [3.8, 4) is 0 Å². The van der Waals surface area contributed by atoms with Crippen LogP contribution in [-0.4, -0.2) is 29.2 Å². The third kappa shape index (κ3) is 3.35. The van der Waals surface area contributed by atoms with Gasteiger partial charge in [0, 0.05) is 31.7 Å². The van der Waals surface area contributed by atoms with Crippen LogP contribution in [0, 0.1) is 0 Å². The van der Waals surface area contributed by atoms with Crippen LogP contribution in [-0.2, 0) is 11.3 Å². The van der Waals surface area contributed by atoms with Gasteiger partial charge in [-0.25, -0.2) is 0 Å². The highest BCUT2D eigenvalue weighted by atomic mass is 32.1. The van der Waals surface area contributed by atoms with E-state index in [0.29, 0.717) is 12.7 Å². The van der Waals surface area contributed by atoms with Crippen molar-refractivity contribution < 1.29 is 4.74 Å². The fraction of sp³-hybridized carbons (Fsp3) is 0.333. The molecule has 0 unspecified atom stereocenters. The minimum atomic E-state index is 0.346. The summed E-state index contributed by atoms with van der Waals surface area (Å²) in [6.45, 7) is 2.75. The molecule has 4 nitrogen and oxygen atoms in total. The number of ether oxygens (including phenoxy) is 1. The number of hydrogen-bond donors (Lipinski definition) is 0. The molecule has 0 aromatic carbocycles. The first-order valence-electron chi connectivity index (χ1n) is 7.98. The van der Waals surface area contributed by atoms with Gasteiger partial charge in [-0.3, -0.25) is 9.97 Å². The van der Waals surface area contributed by atoms with Crippen LogP contribution in [0.1, 0.15) is 18.4 Å². The Morgan fingerprint density at radius 1 is 1.17 bits per heavy atom. The summed E-state index contributed by atoms with van der Waals surface area (Å²) in [7, 11) is 0. The summed E-state index contributed by atoms with van der Waals surface area (Å²) in [6.07, 6.45) is 8.02. The molecule has 1 aliphatic heterocycles. The lowest BCUT2D eigenvalue weighted by atomic mass is 10.1. The summed E-state index contributed by atoms with van der Waals surface area (Å²) in [6, 6.07) is 10.4. The normalized spacial score (nSPS) is 16.1. The SMILES string of the molecule is c1cncc(COC2CCN(c3cc4ncccc4s3)CC2)c1. The molecule has 0 aliphatic carbocycles. The number of piperidine rings is 1. The number of fused-ring (bicyclic) bond motifs is 1. The summed E-state index contributed by atoms with van der Waals surface area (Å²) in [5.74, 6) is 0. The first-order valence-corrected chi connectivity index (χ1v) is 8.80. The molecule has 0 radical (unpaired) electrons. The van der Waals surface area contributed by atoms with Crippen LogP contribution in [0.15, 0.2) is 48.9 Å². The van der Waals surface area contributed by atoms with Crippen molar-refractivity contribution >= 4 is 26.6 Å². The molecular weight excluding hydrogens is 306 g/mol. The van der Waals surface area contributed by atoms with Gasteiger partial charge in [0.05, 0.1) is 27.9 Å². The Hall–Kier alpha value is -1.98. The van der Waals surface area contributed by atoms with Crippen molar-refractivity contribution in [1.82, 2.24) is 9.97 Å². The summed E-state index contributed by atoms with van der Waals surface area (Å²) >= 11 is 1.83. The fourth-order valence-corrected chi connectivity index (χ4v) is 4.02. The average Bonchev–Trinajstić information content (AvgIpc) is 3.05. The van der Waals surface area contributed by atoms with Gasteiger partial charge in [0.25, 0.3) is 0 Å². The Morgan fingerprint density at radius 3 is 2.83 bits per heavy atom. The first-order chi connectivity index (χ1) is 11.4. The molecule has 0 bridgehead atoms. The maximum absolute atomic E-state index is 6.04. The molecule has 0 saturated carbocycles. The molecule has 4 rings (SSSR count). The van der Waals surface area contributed by atoms with E-state index in [4.69, 9.17) is 4.74 Å². The second kappa shape index (κ2) is 6.64. The lowest BCUT2D eigenvalue weighted by Crippen LogP contribution is -2.36. The van der Waals surface area contributed by atoms with Crippen LogP contribution in [0.4, 0.5) is 5.00 Å². The smallest absolute Gasteiger partial charge is 0.0937 e. The van der Waals surface area contributed by atoms with Crippen molar-refractivity contribution in [2.75, 3.05) is 18.0 Å². The highest BCUT2D eigenvalue weighted by Crippen LogP contribution is 2.33. The van der Waals surface area contributed by atoms with Crippen LogP contribution in [0.25, 0.3) is 10.2 Å². The van der Waals surface area contributed by atoms with Gasteiger partial charge in [-0.05, 0) is 42.7 Å². The molecule has 0 amide bonds. The Balaban J connectivity index is 1.33.